The Hall–Kier alpha value is -1.47. The van der Waals surface area contributed by atoms with Crippen molar-refractivity contribution >= 4 is 11.8 Å². The van der Waals surface area contributed by atoms with Crippen LogP contribution < -0.4 is 0 Å². The van der Waals surface area contributed by atoms with Crippen molar-refractivity contribution in [2.45, 2.75) is 13.0 Å². The van der Waals surface area contributed by atoms with Gasteiger partial charge in [-0.2, -0.15) is 16.7 Å². The molecule has 1 fully saturated rings. The maximum Gasteiger partial charge on any atom is 0.244 e. The first-order valence-corrected chi connectivity index (χ1v) is 7.42. The van der Waals surface area contributed by atoms with Crippen LogP contribution in [0.15, 0.2) is 23.1 Å². The van der Waals surface area contributed by atoms with E-state index in [4.69, 9.17) is 4.52 Å². The van der Waals surface area contributed by atoms with Crippen LogP contribution in [0.1, 0.15) is 18.9 Å². The fourth-order valence-corrected chi connectivity index (χ4v) is 2.98. The molecule has 3 rings (SSSR count). The first kappa shape index (κ1) is 12.6. The van der Waals surface area contributed by atoms with Gasteiger partial charge < -0.3 is 4.52 Å². The summed E-state index contributed by atoms with van der Waals surface area (Å²) in [5.74, 6) is 3.47. The van der Waals surface area contributed by atoms with Gasteiger partial charge in [-0.25, -0.2) is 4.98 Å². The lowest BCUT2D eigenvalue weighted by Crippen LogP contribution is -2.34. The zero-order valence-electron chi connectivity index (χ0n) is 10.7. The largest absolute Gasteiger partial charge is 0.337 e. The van der Waals surface area contributed by atoms with Crippen molar-refractivity contribution in [2.24, 2.45) is 0 Å². The van der Waals surface area contributed by atoms with Crippen LogP contribution in [0.4, 0.5) is 0 Å². The molecule has 100 valence electrons. The minimum absolute atomic E-state index is 0.152. The molecule has 0 radical (unpaired) electrons. The normalized spacial score (nSPS) is 18.4. The Kier molecular flexibility index (Phi) is 3.74. The molecule has 2 aromatic rings. The zero-order valence-corrected chi connectivity index (χ0v) is 11.5. The van der Waals surface area contributed by atoms with Crippen LogP contribution in [0.5, 0.6) is 0 Å². The van der Waals surface area contributed by atoms with Gasteiger partial charge in [-0.15, -0.1) is 0 Å². The van der Waals surface area contributed by atoms with Crippen molar-refractivity contribution in [3.8, 4) is 11.5 Å². The van der Waals surface area contributed by atoms with Crippen LogP contribution in [-0.4, -0.2) is 49.6 Å². The standard InChI is InChI=1S/C12H15N5OS/c1-9(17-4-6-19-7-5-17)12-15-11(16-18-12)10-8-13-2-3-14-10/h2-3,8-9H,4-7H2,1H3. The molecule has 0 amide bonds. The van der Waals surface area contributed by atoms with E-state index in [1.54, 1.807) is 18.6 Å². The lowest BCUT2D eigenvalue weighted by molar-refractivity contribution is 0.189. The van der Waals surface area contributed by atoms with Crippen molar-refractivity contribution < 1.29 is 4.52 Å². The number of nitrogens with zero attached hydrogens (tertiary/aromatic N) is 5. The second-order valence-corrected chi connectivity index (χ2v) is 5.60. The molecule has 0 saturated carbocycles. The highest BCUT2D eigenvalue weighted by atomic mass is 32.2. The molecule has 3 heterocycles. The molecule has 0 bridgehead atoms. The number of rotatable bonds is 3. The van der Waals surface area contributed by atoms with E-state index < -0.39 is 0 Å². The third kappa shape index (κ3) is 2.76. The van der Waals surface area contributed by atoms with Gasteiger partial charge in [-0.3, -0.25) is 9.88 Å². The molecule has 7 heteroatoms. The highest BCUT2D eigenvalue weighted by Crippen LogP contribution is 2.23. The quantitative estimate of drug-likeness (QED) is 0.844. The summed E-state index contributed by atoms with van der Waals surface area (Å²) in [6.07, 6.45) is 4.88. The van der Waals surface area contributed by atoms with E-state index in [1.807, 2.05) is 11.8 Å². The summed E-state index contributed by atoms with van der Waals surface area (Å²) in [6, 6.07) is 0.152. The Bertz CT molecular complexity index is 526. The summed E-state index contributed by atoms with van der Waals surface area (Å²) in [7, 11) is 0. The third-order valence-electron chi connectivity index (χ3n) is 3.18. The average Bonchev–Trinajstić information content (AvgIpc) is 2.98. The van der Waals surface area contributed by atoms with Gasteiger partial charge in [0.1, 0.15) is 5.69 Å². The van der Waals surface area contributed by atoms with Crippen molar-refractivity contribution in [1.29, 1.82) is 0 Å². The first-order chi connectivity index (χ1) is 9.34. The fraction of sp³-hybridized carbons (Fsp3) is 0.500. The van der Waals surface area contributed by atoms with Crippen molar-refractivity contribution in [3.63, 3.8) is 0 Å². The SMILES string of the molecule is CC(c1nc(-c2cnccn2)no1)N1CCSCC1. The second-order valence-electron chi connectivity index (χ2n) is 4.37. The van der Waals surface area contributed by atoms with E-state index in [9.17, 15) is 0 Å². The van der Waals surface area contributed by atoms with Gasteiger partial charge in [-0.05, 0) is 6.92 Å². The van der Waals surface area contributed by atoms with E-state index in [0.717, 1.165) is 24.6 Å². The molecule has 0 spiro atoms. The average molecular weight is 277 g/mol. The van der Waals surface area contributed by atoms with Gasteiger partial charge in [0.25, 0.3) is 0 Å². The van der Waals surface area contributed by atoms with Crippen molar-refractivity contribution in [2.75, 3.05) is 24.6 Å². The summed E-state index contributed by atoms with van der Waals surface area (Å²) in [5.41, 5.74) is 0.638. The lowest BCUT2D eigenvalue weighted by atomic mass is 10.2. The second kappa shape index (κ2) is 5.66. The van der Waals surface area contributed by atoms with Crippen LogP contribution in [0.2, 0.25) is 0 Å². The molecule has 1 unspecified atom stereocenters. The van der Waals surface area contributed by atoms with Crippen LogP contribution in [0.3, 0.4) is 0 Å². The molecule has 1 atom stereocenters. The maximum absolute atomic E-state index is 5.36. The molecule has 0 aliphatic carbocycles. The molecule has 0 N–H and O–H groups in total. The van der Waals surface area contributed by atoms with Crippen LogP contribution >= 0.6 is 11.8 Å². The molecule has 1 saturated heterocycles. The van der Waals surface area contributed by atoms with Crippen LogP contribution in [-0.2, 0) is 0 Å². The minimum atomic E-state index is 0.152. The Morgan fingerprint density at radius 2 is 2.16 bits per heavy atom. The van der Waals surface area contributed by atoms with Crippen LogP contribution in [0, 0.1) is 0 Å². The topological polar surface area (TPSA) is 67.9 Å². The number of hydrogen-bond donors (Lipinski definition) is 0. The Morgan fingerprint density at radius 3 is 2.89 bits per heavy atom. The van der Waals surface area contributed by atoms with Crippen molar-refractivity contribution in [1.82, 2.24) is 25.0 Å². The van der Waals surface area contributed by atoms with E-state index in [1.165, 1.54) is 0 Å². The molecule has 6 nitrogen and oxygen atoms in total. The molecule has 2 aromatic heterocycles. The molecular weight excluding hydrogens is 262 g/mol. The number of aromatic nitrogens is 4. The molecule has 0 aromatic carbocycles. The fourth-order valence-electron chi connectivity index (χ4n) is 2.04. The van der Waals surface area contributed by atoms with E-state index in [0.29, 0.717) is 17.4 Å². The Labute approximate surface area is 115 Å². The van der Waals surface area contributed by atoms with Crippen LogP contribution in [0.25, 0.3) is 11.5 Å². The minimum Gasteiger partial charge on any atom is -0.337 e. The third-order valence-corrected chi connectivity index (χ3v) is 4.13. The smallest absolute Gasteiger partial charge is 0.244 e. The predicted octanol–water partition coefficient (Wildman–Crippen LogP) is 1.64. The summed E-state index contributed by atoms with van der Waals surface area (Å²) in [4.78, 5) is 15.0. The number of hydrogen-bond acceptors (Lipinski definition) is 7. The number of thioether (sulfide) groups is 1. The van der Waals surface area contributed by atoms with E-state index in [-0.39, 0.29) is 6.04 Å². The summed E-state index contributed by atoms with van der Waals surface area (Å²) in [5, 5.41) is 3.98. The van der Waals surface area contributed by atoms with Gasteiger partial charge >= 0.3 is 0 Å². The zero-order chi connectivity index (χ0) is 13.1. The van der Waals surface area contributed by atoms with Gasteiger partial charge in [0.05, 0.1) is 12.2 Å². The summed E-state index contributed by atoms with van der Waals surface area (Å²) < 4.78 is 5.36. The van der Waals surface area contributed by atoms with E-state index in [2.05, 4.69) is 31.9 Å². The predicted molar refractivity (Wildman–Crippen MR) is 72.6 cm³/mol. The summed E-state index contributed by atoms with van der Waals surface area (Å²) in [6.45, 7) is 4.23. The summed E-state index contributed by atoms with van der Waals surface area (Å²) >= 11 is 1.99. The highest BCUT2D eigenvalue weighted by Gasteiger charge is 2.23. The van der Waals surface area contributed by atoms with Gasteiger partial charge in [0, 0.05) is 37.0 Å². The highest BCUT2D eigenvalue weighted by molar-refractivity contribution is 7.99. The van der Waals surface area contributed by atoms with Gasteiger partial charge in [0.15, 0.2) is 0 Å². The van der Waals surface area contributed by atoms with Gasteiger partial charge in [0.2, 0.25) is 11.7 Å². The monoisotopic (exact) mass is 277 g/mol. The molecule has 19 heavy (non-hydrogen) atoms. The molecule has 1 aliphatic rings. The lowest BCUT2D eigenvalue weighted by Gasteiger charge is -2.29. The Morgan fingerprint density at radius 1 is 1.32 bits per heavy atom. The van der Waals surface area contributed by atoms with Gasteiger partial charge in [-0.1, -0.05) is 5.16 Å². The van der Waals surface area contributed by atoms with E-state index >= 15 is 0 Å². The van der Waals surface area contributed by atoms with Crippen molar-refractivity contribution in [3.05, 3.63) is 24.5 Å². The Balaban J connectivity index is 1.77. The first-order valence-electron chi connectivity index (χ1n) is 6.26. The molecule has 1 aliphatic heterocycles. The maximum atomic E-state index is 5.36. The molecular formula is C12H15N5OS.